The van der Waals surface area contributed by atoms with Crippen LogP contribution in [-0.4, -0.2) is 43.0 Å². The summed E-state index contributed by atoms with van der Waals surface area (Å²) < 4.78 is 5.20. The molecule has 22 heavy (non-hydrogen) atoms. The van der Waals surface area contributed by atoms with Crippen molar-refractivity contribution in [2.75, 3.05) is 20.2 Å². The predicted octanol–water partition coefficient (Wildman–Crippen LogP) is 2.32. The molecule has 1 atom stereocenters. The second kappa shape index (κ2) is 8.41. The maximum atomic E-state index is 12.5. The van der Waals surface area contributed by atoms with Gasteiger partial charge in [-0.05, 0) is 31.9 Å². The number of nitrogens with zero attached hydrogens (tertiary/aromatic N) is 1. The zero-order chi connectivity index (χ0) is 16.7. The van der Waals surface area contributed by atoms with E-state index in [0.717, 1.165) is 0 Å². The fraction of sp³-hybridized carbons (Fsp3) is 0.529. The zero-order valence-electron chi connectivity index (χ0n) is 14.1. The van der Waals surface area contributed by atoms with E-state index < -0.39 is 6.04 Å². The molecule has 1 N–H and O–H groups in total. The van der Waals surface area contributed by atoms with Crippen LogP contribution in [0.4, 0.5) is 0 Å². The number of nitrogens with one attached hydrogen (secondary N) is 1. The fourth-order valence-electron chi connectivity index (χ4n) is 2.30. The van der Waals surface area contributed by atoms with Crippen molar-refractivity contribution in [3.05, 3.63) is 29.8 Å². The third-order valence-corrected chi connectivity index (χ3v) is 3.65. The van der Waals surface area contributed by atoms with Crippen LogP contribution in [0.25, 0.3) is 0 Å². The van der Waals surface area contributed by atoms with Gasteiger partial charge in [-0.1, -0.05) is 26.0 Å². The molecule has 0 heterocycles. The second-order valence-corrected chi connectivity index (χ2v) is 5.41. The maximum absolute atomic E-state index is 12.5. The van der Waals surface area contributed by atoms with E-state index in [-0.39, 0.29) is 17.7 Å². The number of hydrogen-bond donors (Lipinski definition) is 1. The van der Waals surface area contributed by atoms with Crippen molar-refractivity contribution in [1.82, 2.24) is 10.2 Å². The zero-order valence-corrected chi connectivity index (χ0v) is 14.1. The number of carbonyl (C=O) groups excluding carboxylic acids is 2. The molecule has 0 aliphatic carbocycles. The summed E-state index contributed by atoms with van der Waals surface area (Å²) in [5, 5.41) is 2.85. The molecular formula is C17H26N2O3. The standard InChI is InChI=1S/C17H26N2O3/c1-6-19(7-2)17(21)15(12(3)4)18-16(20)13-10-8-9-11-14(13)22-5/h8-12,15H,6-7H2,1-5H3,(H,18,20). The molecule has 0 fully saturated rings. The third kappa shape index (κ3) is 4.23. The first-order valence-corrected chi connectivity index (χ1v) is 7.68. The van der Waals surface area contributed by atoms with Gasteiger partial charge in [-0.15, -0.1) is 0 Å². The number of carbonyl (C=O) groups is 2. The Bertz CT molecular complexity index is 510. The molecule has 1 aromatic carbocycles. The Labute approximate surface area is 132 Å². The van der Waals surface area contributed by atoms with E-state index in [4.69, 9.17) is 4.74 Å². The van der Waals surface area contributed by atoms with Crippen molar-refractivity contribution >= 4 is 11.8 Å². The molecule has 0 saturated carbocycles. The van der Waals surface area contributed by atoms with Gasteiger partial charge in [0.2, 0.25) is 5.91 Å². The van der Waals surface area contributed by atoms with Crippen LogP contribution in [0.3, 0.4) is 0 Å². The Kier molecular flexibility index (Phi) is 6.89. The molecule has 5 nitrogen and oxygen atoms in total. The molecule has 5 heteroatoms. The minimum atomic E-state index is -0.544. The van der Waals surface area contributed by atoms with Gasteiger partial charge in [0, 0.05) is 13.1 Å². The van der Waals surface area contributed by atoms with Crippen LogP contribution in [-0.2, 0) is 4.79 Å². The first-order chi connectivity index (χ1) is 10.5. The Morgan fingerprint density at radius 2 is 1.77 bits per heavy atom. The Morgan fingerprint density at radius 1 is 1.18 bits per heavy atom. The molecule has 0 aliphatic heterocycles. The lowest BCUT2D eigenvalue weighted by atomic mass is 10.0. The number of methoxy groups -OCH3 is 1. The van der Waals surface area contributed by atoms with E-state index in [1.165, 1.54) is 7.11 Å². The predicted molar refractivity (Wildman–Crippen MR) is 87.0 cm³/mol. The molecular weight excluding hydrogens is 280 g/mol. The molecule has 122 valence electrons. The van der Waals surface area contributed by atoms with Gasteiger partial charge in [0.05, 0.1) is 12.7 Å². The number of hydrogen-bond acceptors (Lipinski definition) is 3. The molecule has 2 amide bonds. The summed E-state index contributed by atoms with van der Waals surface area (Å²) in [4.78, 5) is 26.8. The molecule has 0 radical (unpaired) electrons. The molecule has 0 aromatic heterocycles. The number of benzene rings is 1. The fourth-order valence-corrected chi connectivity index (χ4v) is 2.30. The van der Waals surface area contributed by atoms with Crippen molar-refractivity contribution < 1.29 is 14.3 Å². The molecule has 1 unspecified atom stereocenters. The number of amides is 2. The van der Waals surface area contributed by atoms with Gasteiger partial charge >= 0.3 is 0 Å². The summed E-state index contributed by atoms with van der Waals surface area (Å²) in [6.07, 6.45) is 0. The second-order valence-electron chi connectivity index (χ2n) is 5.41. The molecule has 0 spiro atoms. The van der Waals surface area contributed by atoms with Crippen molar-refractivity contribution in [2.45, 2.75) is 33.7 Å². The van der Waals surface area contributed by atoms with Crippen LogP contribution in [0.2, 0.25) is 0 Å². The van der Waals surface area contributed by atoms with E-state index >= 15 is 0 Å². The smallest absolute Gasteiger partial charge is 0.255 e. The van der Waals surface area contributed by atoms with E-state index in [2.05, 4.69) is 5.32 Å². The summed E-state index contributed by atoms with van der Waals surface area (Å²) in [6, 6.07) is 6.45. The number of ether oxygens (including phenoxy) is 1. The summed E-state index contributed by atoms with van der Waals surface area (Å²) in [6.45, 7) is 8.97. The topological polar surface area (TPSA) is 58.6 Å². The summed E-state index contributed by atoms with van der Waals surface area (Å²) in [5.74, 6) is 0.157. The molecule has 0 saturated heterocycles. The maximum Gasteiger partial charge on any atom is 0.255 e. The van der Waals surface area contributed by atoms with E-state index in [0.29, 0.717) is 24.4 Å². The molecule has 1 aromatic rings. The van der Waals surface area contributed by atoms with Crippen LogP contribution < -0.4 is 10.1 Å². The van der Waals surface area contributed by atoms with Gasteiger partial charge in [-0.25, -0.2) is 0 Å². The number of rotatable bonds is 7. The Hall–Kier alpha value is -2.04. The highest BCUT2D eigenvalue weighted by atomic mass is 16.5. The molecule has 1 rings (SSSR count). The van der Waals surface area contributed by atoms with Crippen molar-refractivity contribution in [3.8, 4) is 5.75 Å². The first-order valence-electron chi connectivity index (χ1n) is 7.68. The minimum absolute atomic E-state index is 0.00626. The van der Waals surface area contributed by atoms with Gasteiger partial charge in [0.1, 0.15) is 11.8 Å². The van der Waals surface area contributed by atoms with Gasteiger partial charge in [0.25, 0.3) is 5.91 Å². The highest BCUT2D eigenvalue weighted by molar-refractivity contribution is 5.99. The SMILES string of the molecule is CCN(CC)C(=O)C(NC(=O)c1ccccc1OC)C(C)C. The third-order valence-electron chi connectivity index (χ3n) is 3.65. The summed E-state index contributed by atoms with van der Waals surface area (Å²) in [7, 11) is 1.52. The average molecular weight is 306 g/mol. The highest BCUT2D eigenvalue weighted by Gasteiger charge is 2.28. The summed E-state index contributed by atoms with van der Waals surface area (Å²) in [5.41, 5.74) is 0.433. The van der Waals surface area contributed by atoms with Gasteiger partial charge in [-0.3, -0.25) is 9.59 Å². The highest BCUT2D eigenvalue weighted by Crippen LogP contribution is 2.18. The van der Waals surface area contributed by atoms with Gasteiger partial charge in [-0.2, -0.15) is 0 Å². The van der Waals surface area contributed by atoms with Crippen LogP contribution >= 0.6 is 0 Å². The number of para-hydroxylation sites is 1. The monoisotopic (exact) mass is 306 g/mol. The van der Waals surface area contributed by atoms with E-state index in [9.17, 15) is 9.59 Å². The average Bonchev–Trinajstić information content (AvgIpc) is 2.52. The normalized spacial score (nSPS) is 11.9. The lowest BCUT2D eigenvalue weighted by Crippen LogP contribution is -2.51. The Balaban J connectivity index is 2.96. The minimum Gasteiger partial charge on any atom is -0.496 e. The van der Waals surface area contributed by atoms with Crippen molar-refractivity contribution in [2.24, 2.45) is 5.92 Å². The first kappa shape index (κ1) is 18.0. The van der Waals surface area contributed by atoms with Gasteiger partial charge in [0.15, 0.2) is 0 Å². The molecule has 0 aliphatic rings. The van der Waals surface area contributed by atoms with Crippen LogP contribution in [0, 0.1) is 5.92 Å². The lowest BCUT2D eigenvalue weighted by molar-refractivity contribution is -0.133. The van der Waals surface area contributed by atoms with Crippen LogP contribution in [0.1, 0.15) is 38.1 Å². The largest absolute Gasteiger partial charge is 0.496 e. The van der Waals surface area contributed by atoms with E-state index in [1.807, 2.05) is 27.7 Å². The van der Waals surface area contributed by atoms with Crippen molar-refractivity contribution in [3.63, 3.8) is 0 Å². The van der Waals surface area contributed by atoms with Crippen LogP contribution in [0.15, 0.2) is 24.3 Å². The van der Waals surface area contributed by atoms with E-state index in [1.54, 1.807) is 29.2 Å². The Morgan fingerprint density at radius 3 is 2.27 bits per heavy atom. The summed E-state index contributed by atoms with van der Waals surface area (Å²) >= 11 is 0. The lowest BCUT2D eigenvalue weighted by Gasteiger charge is -2.28. The number of likely N-dealkylation sites (N-methyl/N-ethyl adjacent to an activating group) is 1. The quantitative estimate of drug-likeness (QED) is 0.841. The van der Waals surface area contributed by atoms with Crippen molar-refractivity contribution in [1.29, 1.82) is 0 Å². The molecule has 0 bridgehead atoms. The van der Waals surface area contributed by atoms with Crippen LogP contribution in [0.5, 0.6) is 5.75 Å². The van der Waals surface area contributed by atoms with Gasteiger partial charge < -0.3 is 15.0 Å².